The minimum atomic E-state index is -3.98. The molecule has 0 aliphatic carbocycles. The maximum atomic E-state index is 12.2. The number of rotatable bonds is 28. The molecule has 0 heterocycles. The summed E-state index contributed by atoms with van der Waals surface area (Å²) in [7, 11) is -3.39. The molecule has 1 unspecified atom stereocenters. The van der Waals surface area contributed by atoms with Crippen LogP contribution < -0.4 is 19.6 Å². The summed E-state index contributed by atoms with van der Waals surface area (Å²) >= 11 is 0.674. The van der Waals surface area contributed by atoms with Crippen LogP contribution in [-0.4, -0.2) is 136 Å². The van der Waals surface area contributed by atoms with Crippen LogP contribution in [0.2, 0.25) is 0 Å². The summed E-state index contributed by atoms with van der Waals surface area (Å²) in [5.41, 5.74) is 2.63. The largest absolute Gasteiger partial charge is 0.382 e. The molecule has 1 atom stereocenters. The highest BCUT2D eigenvalue weighted by molar-refractivity contribution is 8.09. The molecule has 0 aliphatic rings. The third-order valence-electron chi connectivity index (χ3n) is 6.07. The highest BCUT2D eigenvalue weighted by Crippen LogP contribution is 2.09. The van der Waals surface area contributed by atoms with Gasteiger partial charge in [-0.05, 0) is 12.8 Å². The summed E-state index contributed by atoms with van der Waals surface area (Å²) in [5, 5.41) is 9.45. The van der Waals surface area contributed by atoms with Crippen molar-refractivity contribution in [1.29, 1.82) is 0 Å². The quantitative estimate of drug-likeness (QED) is 0.0238. The molecule has 0 bridgehead atoms. The molecule has 0 aromatic carbocycles. The van der Waals surface area contributed by atoms with Gasteiger partial charge in [0.25, 0.3) is 0 Å². The Morgan fingerprint density at radius 3 is 1.60 bits per heavy atom. The minimum absolute atomic E-state index is 0.106. The van der Waals surface area contributed by atoms with E-state index in [1.54, 1.807) is 0 Å². The first-order valence-corrected chi connectivity index (χ1v) is 20.1. The highest BCUT2D eigenvalue weighted by Gasteiger charge is 2.27. The van der Waals surface area contributed by atoms with Crippen LogP contribution in [0.4, 0.5) is 0 Å². The Morgan fingerprint density at radius 1 is 0.690 bits per heavy atom. The zero-order chi connectivity index (χ0) is 32.3. The van der Waals surface area contributed by atoms with E-state index >= 15 is 0 Å². The molecule has 0 aromatic heterocycles. The summed E-state index contributed by atoms with van der Waals surface area (Å²) in [4.78, 5) is 4.81. The molecule has 0 fully saturated rings. The second-order valence-electron chi connectivity index (χ2n) is 11.7. The summed E-state index contributed by atoms with van der Waals surface area (Å²) in [6.07, 6.45) is 3.70. The molecule has 0 spiro atoms. The lowest BCUT2D eigenvalue weighted by Crippen LogP contribution is -2.53. The number of likely N-dealkylation sites (N-methyl/N-ethyl adjacent to an activating group) is 2. The maximum Gasteiger partial charge on any atom is 0.227 e. The van der Waals surface area contributed by atoms with Gasteiger partial charge < -0.3 is 14.1 Å². The summed E-state index contributed by atoms with van der Waals surface area (Å²) in [5.74, 6) is 0. The fraction of sp³-hybridized carbons (Fsp3) is 1.00. The van der Waals surface area contributed by atoms with Gasteiger partial charge in [-0.1, -0.05) is 26.7 Å². The Labute approximate surface area is 258 Å². The Balaban J connectivity index is 4.22. The predicted octanol–water partition coefficient (Wildman–Crippen LogP) is -0.345. The Kier molecular flexibility index (Phi) is 20.7. The van der Waals surface area contributed by atoms with Crippen LogP contribution in [0.25, 0.3) is 0 Å². The zero-order valence-electron chi connectivity index (χ0n) is 26.1. The molecule has 0 aromatic rings. The van der Waals surface area contributed by atoms with Crippen LogP contribution in [0.15, 0.2) is 0 Å². The van der Waals surface area contributed by atoms with Crippen molar-refractivity contribution >= 4 is 42.1 Å². The number of hydrogen-bond acceptors (Lipinski definition) is 11. The van der Waals surface area contributed by atoms with Gasteiger partial charge in [0.1, 0.15) is 18.2 Å². The molecule has 0 rings (SSSR count). The average Bonchev–Trinajstić information content (AvgIpc) is 2.82. The van der Waals surface area contributed by atoms with Crippen molar-refractivity contribution in [1.82, 2.24) is 19.6 Å². The van der Waals surface area contributed by atoms with Gasteiger partial charge >= 0.3 is 0 Å². The van der Waals surface area contributed by atoms with E-state index < -0.39 is 41.3 Å². The molecule has 0 amide bonds. The van der Waals surface area contributed by atoms with E-state index in [2.05, 4.69) is 19.6 Å². The lowest BCUT2D eigenvalue weighted by atomic mass is 10.2. The van der Waals surface area contributed by atoms with Gasteiger partial charge in [-0.2, -0.15) is 5.48 Å². The van der Waals surface area contributed by atoms with Crippen molar-refractivity contribution < 1.29 is 48.6 Å². The molecule has 0 radical (unpaired) electrons. The molecular weight excluding hydrogens is 633 g/mol. The molecule has 0 saturated heterocycles. The predicted molar refractivity (Wildman–Crippen MR) is 167 cm³/mol. The Bertz CT molecular complexity index is 1040. The highest BCUT2D eigenvalue weighted by atomic mass is 32.3. The van der Waals surface area contributed by atoms with Gasteiger partial charge in [0.15, 0.2) is 11.2 Å². The topological polar surface area (TPSA) is 189 Å². The van der Waals surface area contributed by atoms with Crippen LogP contribution in [0.3, 0.4) is 0 Å². The fourth-order valence-electron chi connectivity index (χ4n) is 4.01. The van der Waals surface area contributed by atoms with Gasteiger partial charge in [0.05, 0.1) is 53.3 Å². The van der Waals surface area contributed by atoms with Crippen LogP contribution >= 0.6 is 12.0 Å². The van der Waals surface area contributed by atoms with E-state index in [1.165, 1.54) is 0 Å². The van der Waals surface area contributed by atoms with Gasteiger partial charge in [-0.3, -0.25) is 0 Å². The van der Waals surface area contributed by atoms with Crippen molar-refractivity contribution in [2.24, 2.45) is 0 Å². The van der Waals surface area contributed by atoms with Crippen molar-refractivity contribution in [3.05, 3.63) is 0 Å². The summed E-state index contributed by atoms with van der Waals surface area (Å²) < 4.78 is 84.7. The third-order valence-corrected chi connectivity index (χ3v) is 12.3. The number of nitrogens with zero attached hydrogens (tertiary/aromatic N) is 2. The molecular formula is C23H56N6O9S4+2. The lowest BCUT2D eigenvalue weighted by molar-refractivity contribution is -0.914. The first-order valence-electron chi connectivity index (χ1n) is 14.3. The molecule has 0 aliphatic heterocycles. The van der Waals surface area contributed by atoms with E-state index in [0.29, 0.717) is 73.0 Å². The fourth-order valence-corrected chi connectivity index (χ4v) is 8.77. The molecule has 254 valence electrons. The number of nitrogens with one attached hydrogen (secondary N) is 4. The average molecular weight is 689 g/mol. The lowest BCUT2D eigenvalue weighted by Gasteiger charge is -2.36. The van der Waals surface area contributed by atoms with Gasteiger partial charge in [-0.25, -0.2) is 39.4 Å². The zero-order valence-corrected chi connectivity index (χ0v) is 29.4. The van der Waals surface area contributed by atoms with E-state index in [-0.39, 0.29) is 18.2 Å². The van der Waals surface area contributed by atoms with Gasteiger partial charge in [0.2, 0.25) is 30.1 Å². The molecule has 0 saturated carbocycles. The SMILES string of the molecule is CCCCNS(=O)(=O)CSOONCCC[N+](C)(C)CC(O)C[N+](C)(C)CCCNS(=O)(=O)CS(=O)(=O)NCCCC. The molecule has 15 nitrogen and oxygen atoms in total. The van der Waals surface area contributed by atoms with Crippen molar-refractivity contribution in [2.45, 2.75) is 58.5 Å². The van der Waals surface area contributed by atoms with E-state index in [0.717, 1.165) is 25.8 Å². The van der Waals surface area contributed by atoms with Crippen molar-refractivity contribution in [2.75, 3.05) is 90.7 Å². The number of unbranched alkanes of at least 4 members (excludes halogenated alkanes) is 2. The normalized spacial score (nSPS) is 14.4. The number of aliphatic hydroxyl groups excluding tert-OH is 1. The van der Waals surface area contributed by atoms with E-state index in [9.17, 15) is 30.4 Å². The number of hydroxylamine groups is 1. The Morgan fingerprint density at radius 2 is 1.12 bits per heavy atom. The van der Waals surface area contributed by atoms with Crippen molar-refractivity contribution in [3.8, 4) is 0 Å². The van der Waals surface area contributed by atoms with Gasteiger partial charge in [0, 0.05) is 39.0 Å². The first-order chi connectivity index (χ1) is 19.3. The van der Waals surface area contributed by atoms with Crippen molar-refractivity contribution in [3.63, 3.8) is 0 Å². The second kappa shape index (κ2) is 20.8. The van der Waals surface area contributed by atoms with Crippen LogP contribution in [0.1, 0.15) is 52.4 Å². The number of aliphatic hydroxyl groups is 1. The van der Waals surface area contributed by atoms with Crippen LogP contribution in [0.5, 0.6) is 0 Å². The molecule has 5 N–H and O–H groups in total. The summed E-state index contributed by atoms with van der Waals surface area (Å²) in [6.45, 7) is 7.37. The maximum absolute atomic E-state index is 12.2. The Hall–Kier alpha value is -0.160. The first kappa shape index (κ1) is 41.8. The number of quaternary nitrogens is 2. The van der Waals surface area contributed by atoms with Gasteiger partial charge in [-0.15, -0.1) is 9.32 Å². The second-order valence-corrected chi connectivity index (χ2v) is 18.5. The third kappa shape index (κ3) is 24.2. The number of hydrogen-bond donors (Lipinski definition) is 5. The van der Waals surface area contributed by atoms with Crippen LogP contribution in [0, 0.1) is 0 Å². The molecule has 19 heteroatoms. The van der Waals surface area contributed by atoms with E-state index in [4.69, 9.17) is 9.32 Å². The summed E-state index contributed by atoms with van der Waals surface area (Å²) in [6, 6.07) is 0. The van der Waals surface area contributed by atoms with E-state index in [1.807, 2.05) is 42.0 Å². The standard InChI is InChI=1S/C23H56N6O9S4/c1-7-9-14-25-40(31,32)21-39-38-37-24-13-11-17-28(3,4)19-23(30)20-29(5,6)18-12-16-27-42(35,36)22-41(33,34)26-15-10-8-2/h23-27,30H,7-22H2,1-6H3/q+2. The van der Waals surface area contributed by atoms with Crippen LogP contribution in [-0.2, 0) is 39.4 Å². The smallest absolute Gasteiger partial charge is 0.227 e. The molecule has 42 heavy (non-hydrogen) atoms. The number of sulfonamides is 3. The minimum Gasteiger partial charge on any atom is -0.382 e. The monoisotopic (exact) mass is 688 g/mol.